The molecule has 1 aromatic carbocycles. The van der Waals surface area contributed by atoms with Crippen molar-refractivity contribution in [2.45, 2.75) is 66.0 Å². The number of rotatable bonds is 7. The number of hydrogen-bond donors (Lipinski definition) is 1. The molecule has 0 aromatic heterocycles. The first-order chi connectivity index (χ1) is 9.47. The lowest BCUT2D eigenvalue weighted by molar-refractivity contribution is -0.128. The molecule has 1 aromatic rings. The van der Waals surface area contributed by atoms with Gasteiger partial charge in [-0.25, -0.2) is 0 Å². The maximum absolute atomic E-state index is 12.2. The molecule has 0 aliphatic carbocycles. The normalized spacial score (nSPS) is 13.7. The van der Waals surface area contributed by atoms with Crippen LogP contribution in [0.5, 0.6) is 5.75 Å². The van der Waals surface area contributed by atoms with E-state index >= 15 is 0 Å². The van der Waals surface area contributed by atoms with Crippen molar-refractivity contribution >= 4 is 5.91 Å². The minimum atomic E-state index is -0.420. The van der Waals surface area contributed by atoms with Gasteiger partial charge in [-0.05, 0) is 56.9 Å². The average molecular weight is 277 g/mol. The van der Waals surface area contributed by atoms with Crippen LogP contribution in [0.2, 0.25) is 0 Å². The summed E-state index contributed by atoms with van der Waals surface area (Å²) in [4.78, 5) is 12.2. The van der Waals surface area contributed by atoms with E-state index in [1.54, 1.807) is 0 Å². The zero-order chi connectivity index (χ0) is 15.1. The number of hydrogen-bond acceptors (Lipinski definition) is 2. The summed E-state index contributed by atoms with van der Waals surface area (Å²) in [6.45, 7) is 10.2. The van der Waals surface area contributed by atoms with Gasteiger partial charge in [0.15, 0.2) is 6.10 Å². The van der Waals surface area contributed by atoms with E-state index < -0.39 is 6.10 Å². The number of ether oxygens (including phenoxy) is 1. The smallest absolute Gasteiger partial charge is 0.261 e. The zero-order valence-electron chi connectivity index (χ0n) is 13.3. The maximum atomic E-state index is 12.2. The highest BCUT2D eigenvalue weighted by Crippen LogP contribution is 2.18. The molecule has 3 nitrogen and oxygen atoms in total. The van der Waals surface area contributed by atoms with Gasteiger partial charge in [-0.15, -0.1) is 0 Å². The highest BCUT2D eigenvalue weighted by atomic mass is 16.5. The highest BCUT2D eigenvalue weighted by molar-refractivity contribution is 5.81. The molecule has 0 aliphatic heterocycles. The fraction of sp³-hybridized carbons (Fsp3) is 0.588. The Hall–Kier alpha value is -1.51. The van der Waals surface area contributed by atoms with Crippen LogP contribution in [-0.4, -0.2) is 18.1 Å². The molecule has 0 saturated carbocycles. The van der Waals surface area contributed by atoms with Crippen LogP contribution in [0, 0.1) is 13.8 Å². The Balaban J connectivity index is 2.66. The van der Waals surface area contributed by atoms with E-state index in [1.165, 1.54) is 11.1 Å². The van der Waals surface area contributed by atoms with Crippen molar-refractivity contribution in [1.82, 2.24) is 5.32 Å². The topological polar surface area (TPSA) is 38.3 Å². The second-order valence-electron chi connectivity index (χ2n) is 5.46. The lowest BCUT2D eigenvalue weighted by Gasteiger charge is -2.20. The molecule has 112 valence electrons. The van der Waals surface area contributed by atoms with Gasteiger partial charge in [0.2, 0.25) is 0 Å². The Morgan fingerprint density at radius 2 is 1.95 bits per heavy atom. The third kappa shape index (κ3) is 4.87. The van der Waals surface area contributed by atoms with Crippen LogP contribution in [-0.2, 0) is 4.79 Å². The van der Waals surface area contributed by atoms with Gasteiger partial charge < -0.3 is 10.1 Å². The molecular formula is C17H27NO2. The predicted octanol–water partition coefficient (Wildman–Crippen LogP) is 3.77. The summed E-state index contributed by atoms with van der Waals surface area (Å²) in [5.74, 6) is 0.741. The van der Waals surface area contributed by atoms with Gasteiger partial charge >= 0.3 is 0 Å². The number of benzene rings is 1. The molecule has 0 saturated heterocycles. The quantitative estimate of drug-likeness (QED) is 0.824. The van der Waals surface area contributed by atoms with Gasteiger partial charge in [0.25, 0.3) is 5.91 Å². The molecule has 0 heterocycles. The van der Waals surface area contributed by atoms with Crippen LogP contribution < -0.4 is 10.1 Å². The third-order valence-corrected chi connectivity index (χ3v) is 3.53. The Bertz CT molecular complexity index is 443. The summed E-state index contributed by atoms with van der Waals surface area (Å²) in [7, 11) is 0. The Labute approximate surface area is 122 Å². The SMILES string of the molecule is CCC[C@H](C)NC(=O)[C@@H](CC)Oc1ccc(C)c(C)c1. The van der Waals surface area contributed by atoms with Crippen LogP contribution in [0.3, 0.4) is 0 Å². The Kier molecular flexibility index (Phi) is 6.56. The van der Waals surface area contributed by atoms with Crippen LogP contribution in [0.25, 0.3) is 0 Å². The summed E-state index contributed by atoms with van der Waals surface area (Å²) in [5.41, 5.74) is 2.41. The highest BCUT2D eigenvalue weighted by Gasteiger charge is 2.19. The first kappa shape index (κ1) is 16.5. The third-order valence-electron chi connectivity index (χ3n) is 3.53. The second-order valence-corrected chi connectivity index (χ2v) is 5.46. The first-order valence-corrected chi connectivity index (χ1v) is 7.52. The predicted molar refractivity (Wildman–Crippen MR) is 83.1 cm³/mol. The fourth-order valence-electron chi connectivity index (χ4n) is 2.11. The molecule has 20 heavy (non-hydrogen) atoms. The van der Waals surface area contributed by atoms with E-state index in [4.69, 9.17) is 4.74 Å². The van der Waals surface area contributed by atoms with Crippen molar-refractivity contribution in [2.24, 2.45) is 0 Å². The van der Waals surface area contributed by atoms with Crippen molar-refractivity contribution in [3.8, 4) is 5.75 Å². The molecule has 0 unspecified atom stereocenters. The van der Waals surface area contributed by atoms with E-state index in [0.717, 1.165) is 18.6 Å². The van der Waals surface area contributed by atoms with Gasteiger partial charge in [0.1, 0.15) is 5.75 Å². The van der Waals surface area contributed by atoms with Crippen LogP contribution >= 0.6 is 0 Å². The van der Waals surface area contributed by atoms with Crippen molar-refractivity contribution in [1.29, 1.82) is 0 Å². The number of nitrogens with one attached hydrogen (secondary N) is 1. The van der Waals surface area contributed by atoms with Crippen LogP contribution in [0.1, 0.15) is 51.2 Å². The van der Waals surface area contributed by atoms with E-state index in [9.17, 15) is 4.79 Å². The van der Waals surface area contributed by atoms with Gasteiger partial charge in [0.05, 0.1) is 0 Å². The number of carbonyl (C=O) groups excluding carboxylic acids is 1. The van der Waals surface area contributed by atoms with E-state index in [1.807, 2.05) is 39.0 Å². The zero-order valence-corrected chi connectivity index (χ0v) is 13.3. The second kappa shape index (κ2) is 7.93. The molecule has 0 spiro atoms. The Morgan fingerprint density at radius 3 is 2.50 bits per heavy atom. The molecule has 1 rings (SSSR count). The number of aryl methyl sites for hydroxylation is 2. The van der Waals surface area contributed by atoms with E-state index in [0.29, 0.717) is 6.42 Å². The van der Waals surface area contributed by atoms with Crippen molar-refractivity contribution < 1.29 is 9.53 Å². The maximum Gasteiger partial charge on any atom is 0.261 e. The molecular weight excluding hydrogens is 250 g/mol. The van der Waals surface area contributed by atoms with Gasteiger partial charge in [0, 0.05) is 6.04 Å². The molecule has 0 bridgehead atoms. The van der Waals surface area contributed by atoms with Gasteiger partial charge in [-0.2, -0.15) is 0 Å². The number of carbonyl (C=O) groups is 1. The standard InChI is InChI=1S/C17H27NO2/c1-6-8-14(5)18-17(19)16(7-2)20-15-10-9-12(3)13(4)11-15/h9-11,14,16H,6-8H2,1-5H3,(H,18,19)/t14-,16+/m0/s1. The molecule has 2 atom stereocenters. The summed E-state index contributed by atoms with van der Waals surface area (Å²) < 4.78 is 5.83. The average Bonchev–Trinajstić information content (AvgIpc) is 2.40. The summed E-state index contributed by atoms with van der Waals surface area (Å²) in [6, 6.07) is 6.13. The van der Waals surface area contributed by atoms with Crippen molar-refractivity contribution in [2.75, 3.05) is 0 Å². The van der Waals surface area contributed by atoms with Crippen molar-refractivity contribution in [3.05, 3.63) is 29.3 Å². The Morgan fingerprint density at radius 1 is 1.25 bits per heavy atom. The molecule has 0 fully saturated rings. The van der Waals surface area contributed by atoms with Gasteiger partial charge in [-0.3, -0.25) is 4.79 Å². The molecule has 0 aliphatic rings. The molecule has 3 heteroatoms. The minimum absolute atomic E-state index is 0.0216. The van der Waals surface area contributed by atoms with Gasteiger partial charge in [-0.1, -0.05) is 26.3 Å². The van der Waals surface area contributed by atoms with Crippen LogP contribution in [0.4, 0.5) is 0 Å². The summed E-state index contributed by atoms with van der Waals surface area (Å²) in [6.07, 6.45) is 2.30. The van der Waals surface area contributed by atoms with Crippen molar-refractivity contribution in [3.63, 3.8) is 0 Å². The lowest BCUT2D eigenvalue weighted by Crippen LogP contribution is -2.42. The van der Waals surface area contributed by atoms with E-state index in [2.05, 4.69) is 19.2 Å². The summed E-state index contributed by atoms with van der Waals surface area (Å²) in [5, 5.41) is 3.01. The lowest BCUT2D eigenvalue weighted by atomic mass is 10.1. The molecule has 0 radical (unpaired) electrons. The van der Waals surface area contributed by atoms with E-state index in [-0.39, 0.29) is 11.9 Å². The number of amides is 1. The largest absolute Gasteiger partial charge is 0.481 e. The summed E-state index contributed by atoms with van der Waals surface area (Å²) >= 11 is 0. The van der Waals surface area contributed by atoms with Crippen LogP contribution in [0.15, 0.2) is 18.2 Å². The fourth-order valence-corrected chi connectivity index (χ4v) is 2.11. The first-order valence-electron chi connectivity index (χ1n) is 7.52. The monoisotopic (exact) mass is 277 g/mol. The molecule has 1 N–H and O–H groups in total. The molecule has 1 amide bonds. The minimum Gasteiger partial charge on any atom is -0.481 e.